The fourth-order valence-corrected chi connectivity index (χ4v) is 2.24. The molecule has 3 nitrogen and oxygen atoms in total. The van der Waals surface area contributed by atoms with Crippen LogP contribution in [0.3, 0.4) is 0 Å². The minimum Gasteiger partial charge on any atom is -0.397 e. The number of carbonyl (C=O) groups excluding carboxylic acids is 1. The van der Waals surface area contributed by atoms with Crippen LogP contribution in [-0.2, 0) is 4.79 Å². The number of benzene rings is 1. The summed E-state index contributed by atoms with van der Waals surface area (Å²) in [6, 6.07) is 6.79. The van der Waals surface area contributed by atoms with E-state index in [0.29, 0.717) is 29.9 Å². The van der Waals surface area contributed by atoms with Gasteiger partial charge in [0.15, 0.2) is 0 Å². The first-order chi connectivity index (χ1) is 9.39. The Kier molecular flexibility index (Phi) is 4.01. The molecule has 1 aliphatic rings. The molecule has 0 radical (unpaired) electrons. The molecule has 1 aliphatic carbocycles. The highest BCUT2D eigenvalue weighted by molar-refractivity contribution is 6.00. The van der Waals surface area contributed by atoms with Crippen LogP contribution in [0.25, 0.3) is 0 Å². The van der Waals surface area contributed by atoms with Crippen LogP contribution in [0.5, 0.6) is 0 Å². The fraction of sp³-hybridized carbons (Fsp3) is 0.357. The van der Waals surface area contributed by atoms with Crippen LogP contribution in [0.15, 0.2) is 35.5 Å². The van der Waals surface area contributed by atoms with Crippen molar-refractivity contribution in [1.29, 1.82) is 0 Å². The van der Waals surface area contributed by atoms with E-state index in [0.717, 1.165) is 6.42 Å². The summed E-state index contributed by atoms with van der Waals surface area (Å²) < 4.78 is 37.8. The standard InChI is InChI=1S/C14H15F3N2O/c15-14(16,17)13(20)9-5-1-3-7-11(9)19-12-8-4-2-6-10(12)18/h2,4,6,8,19H,1,3,5,7,18H2. The number of nitrogens with one attached hydrogen (secondary N) is 1. The van der Waals surface area contributed by atoms with Gasteiger partial charge >= 0.3 is 6.18 Å². The maximum absolute atomic E-state index is 12.6. The quantitative estimate of drug-likeness (QED) is 0.833. The first-order valence-corrected chi connectivity index (χ1v) is 6.34. The number of rotatable bonds is 3. The Balaban J connectivity index is 2.33. The Morgan fingerprint density at radius 1 is 1.15 bits per heavy atom. The number of hydrogen-bond donors (Lipinski definition) is 2. The Hall–Kier alpha value is -1.98. The minimum absolute atomic E-state index is 0.146. The van der Waals surface area contributed by atoms with Crippen molar-refractivity contribution in [2.24, 2.45) is 0 Å². The van der Waals surface area contributed by atoms with E-state index in [1.807, 2.05) is 0 Å². The first kappa shape index (κ1) is 14.4. The second-order valence-electron chi connectivity index (χ2n) is 4.70. The molecule has 20 heavy (non-hydrogen) atoms. The van der Waals surface area contributed by atoms with Crippen molar-refractivity contribution in [3.8, 4) is 0 Å². The predicted molar refractivity (Wildman–Crippen MR) is 71.0 cm³/mol. The van der Waals surface area contributed by atoms with Crippen molar-refractivity contribution in [1.82, 2.24) is 0 Å². The van der Waals surface area contributed by atoms with Gasteiger partial charge in [0.1, 0.15) is 0 Å². The number of allylic oxidation sites excluding steroid dienone is 2. The van der Waals surface area contributed by atoms with E-state index >= 15 is 0 Å². The van der Waals surface area contributed by atoms with Crippen molar-refractivity contribution in [3.05, 3.63) is 35.5 Å². The zero-order valence-corrected chi connectivity index (χ0v) is 10.8. The van der Waals surface area contributed by atoms with Gasteiger partial charge < -0.3 is 11.1 Å². The molecular weight excluding hydrogens is 269 g/mol. The summed E-state index contributed by atoms with van der Waals surface area (Å²) in [5.74, 6) is -1.76. The highest BCUT2D eigenvalue weighted by Gasteiger charge is 2.42. The smallest absolute Gasteiger partial charge is 0.397 e. The fourth-order valence-electron chi connectivity index (χ4n) is 2.24. The molecule has 0 spiro atoms. The largest absolute Gasteiger partial charge is 0.454 e. The molecular formula is C14H15F3N2O. The molecule has 1 aromatic rings. The van der Waals surface area contributed by atoms with Gasteiger partial charge in [0.25, 0.3) is 5.78 Å². The topological polar surface area (TPSA) is 55.1 Å². The van der Waals surface area contributed by atoms with E-state index in [4.69, 9.17) is 5.73 Å². The van der Waals surface area contributed by atoms with Gasteiger partial charge in [-0.25, -0.2) is 0 Å². The summed E-state index contributed by atoms with van der Waals surface area (Å²) in [6.07, 6.45) is -2.92. The lowest BCUT2D eigenvalue weighted by atomic mass is 9.92. The van der Waals surface area contributed by atoms with Crippen molar-refractivity contribution >= 4 is 17.2 Å². The highest BCUT2D eigenvalue weighted by atomic mass is 19.4. The molecule has 0 aromatic heterocycles. The van der Waals surface area contributed by atoms with E-state index in [1.165, 1.54) is 0 Å². The molecule has 0 fully saturated rings. The summed E-state index contributed by atoms with van der Waals surface area (Å²) >= 11 is 0. The lowest BCUT2D eigenvalue weighted by Gasteiger charge is -2.22. The molecule has 0 heterocycles. The van der Waals surface area contributed by atoms with E-state index in [1.54, 1.807) is 24.3 Å². The van der Waals surface area contributed by atoms with Crippen LogP contribution in [0.2, 0.25) is 0 Å². The van der Waals surface area contributed by atoms with E-state index < -0.39 is 12.0 Å². The molecule has 0 saturated carbocycles. The summed E-state index contributed by atoms with van der Waals surface area (Å²) in [6.45, 7) is 0. The third-order valence-corrected chi connectivity index (χ3v) is 3.25. The van der Waals surface area contributed by atoms with Gasteiger partial charge in [-0.3, -0.25) is 4.79 Å². The number of carbonyl (C=O) groups is 1. The van der Waals surface area contributed by atoms with E-state index in [9.17, 15) is 18.0 Å². The predicted octanol–water partition coefficient (Wildman–Crippen LogP) is 3.64. The average Bonchev–Trinajstić information content (AvgIpc) is 2.40. The second kappa shape index (κ2) is 5.56. The summed E-state index contributed by atoms with van der Waals surface area (Å²) in [5.41, 5.74) is 6.87. The van der Waals surface area contributed by atoms with Gasteiger partial charge in [0, 0.05) is 11.3 Å². The number of ketones is 1. The van der Waals surface area contributed by atoms with E-state index in [-0.39, 0.29) is 12.0 Å². The number of nitrogens with two attached hydrogens (primary N) is 1. The molecule has 3 N–H and O–H groups in total. The SMILES string of the molecule is Nc1ccccc1NC1=C(C(=O)C(F)(F)F)CCCC1. The number of nitrogen functional groups attached to an aromatic ring is 1. The number of halogens is 3. The van der Waals surface area contributed by atoms with Gasteiger partial charge in [0.2, 0.25) is 0 Å². The molecule has 108 valence electrons. The van der Waals surface area contributed by atoms with Crippen LogP contribution in [0, 0.1) is 0 Å². The highest BCUT2D eigenvalue weighted by Crippen LogP contribution is 2.32. The van der Waals surface area contributed by atoms with Crippen molar-refractivity contribution in [3.63, 3.8) is 0 Å². The maximum atomic E-state index is 12.6. The number of anilines is 2. The molecule has 0 saturated heterocycles. The Morgan fingerprint density at radius 2 is 1.80 bits per heavy atom. The molecule has 6 heteroatoms. The Bertz CT molecular complexity index is 550. The molecule has 0 bridgehead atoms. The van der Waals surface area contributed by atoms with Crippen LogP contribution >= 0.6 is 0 Å². The third-order valence-electron chi connectivity index (χ3n) is 3.25. The number of hydrogen-bond acceptors (Lipinski definition) is 3. The van der Waals surface area contributed by atoms with Crippen LogP contribution in [0.1, 0.15) is 25.7 Å². The number of para-hydroxylation sites is 2. The zero-order chi connectivity index (χ0) is 14.8. The Morgan fingerprint density at radius 3 is 2.45 bits per heavy atom. The van der Waals surface area contributed by atoms with Gasteiger partial charge in [0.05, 0.1) is 11.4 Å². The average molecular weight is 284 g/mol. The van der Waals surface area contributed by atoms with Crippen molar-refractivity contribution in [2.75, 3.05) is 11.1 Å². The minimum atomic E-state index is -4.83. The summed E-state index contributed by atoms with van der Waals surface area (Å²) in [7, 11) is 0. The lowest BCUT2D eigenvalue weighted by Crippen LogP contribution is -2.28. The second-order valence-corrected chi connectivity index (χ2v) is 4.70. The molecule has 0 amide bonds. The monoisotopic (exact) mass is 284 g/mol. The lowest BCUT2D eigenvalue weighted by molar-refractivity contribution is -0.166. The van der Waals surface area contributed by atoms with Crippen molar-refractivity contribution < 1.29 is 18.0 Å². The summed E-state index contributed by atoms with van der Waals surface area (Å²) in [5, 5.41) is 2.89. The van der Waals surface area contributed by atoms with Crippen LogP contribution < -0.4 is 11.1 Å². The zero-order valence-electron chi connectivity index (χ0n) is 10.8. The maximum Gasteiger partial charge on any atom is 0.454 e. The number of Topliss-reactive ketones (excluding diaryl/α,β-unsaturated/α-hetero) is 1. The first-order valence-electron chi connectivity index (χ1n) is 6.34. The molecule has 1 aromatic carbocycles. The molecule has 0 aliphatic heterocycles. The van der Waals surface area contributed by atoms with Crippen LogP contribution in [0.4, 0.5) is 24.5 Å². The summed E-state index contributed by atoms with van der Waals surface area (Å²) in [4.78, 5) is 11.5. The molecule has 0 unspecified atom stereocenters. The normalized spacial score (nSPS) is 16.1. The molecule has 0 atom stereocenters. The van der Waals surface area contributed by atoms with E-state index in [2.05, 4.69) is 5.32 Å². The molecule has 2 rings (SSSR count). The van der Waals surface area contributed by atoms with Crippen molar-refractivity contribution in [2.45, 2.75) is 31.9 Å². The van der Waals surface area contributed by atoms with Gasteiger partial charge in [-0.1, -0.05) is 12.1 Å². The third kappa shape index (κ3) is 3.12. The number of alkyl halides is 3. The Labute approximate surface area is 114 Å². The van der Waals surface area contributed by atoms with Gasteiger partial charge in [-0.15, -0.1) is 0 Å². The van der Waals surface area contributed by atoms with Crippen LogP contribution in [-0.4, -0.2) is 12.0 Å². The van der Waals surface area contributed by atoms with Gasteiger partial charge in [-0.2, -0.15) is 13.2 Å². The van der Waals surface area contributed by atoms with Gasteiger partial charge in [-0.05, 0) is 37.8 Å².